The minimum absolute atomic E-state index is 0. The van der Waals surface area contributed by atoms with Crippen LogP contribution >= 0.6 is 47.2 Å². The topological polar surface area (TPSA) is 58.3 Å². The number of nitrogens with zero attached hydrogens (tertiary/aromatic N) is 5. The largest absolute Gasteiger partial charge is 0.356 e. The Morgan fingerprint density at radius 1 is 1.36 bits per heavy atom. The van der Waals surface area contributed by atoms with Crippen molar-refractivity contribution in [2.24, 2.45) is 12.0 Å². The van der Waals surface area contributed by atoms with Crippen molar-refractivity contribution < 1.29 is 0 Å². The highest BCUT2D eigenvalue weighted by Gasteiger charge is 2.09. The van der Waals surface area contributed by atoms with E-state index in [2.05, 4.69) is 20.4 Å². The molecule has 0 spiro atoms. The molecule has 138 valence electrons. The lowest BCUT2D eigenvalue weighted by Gasteiger charge is -2.21. The third kappa shape index (κ3) is 6.63. The van der Waals surface area contributed by atoms with Gasteiger partial charge in [0, 0.05) is 37.7 Å². The molecule has 0 aliphatic heterocycles. The lowest BCUT2D eigenvalue weighted by Crippen LogP contribution is -2.39. The van der Waals surface area contributed by atoms with Crippen LogP contribution in [0.15, 0.2) is 29.5 Å². The summed E-state index contributed by atoms with van der Waals surface area (Å²) in [5.41, 5.74) is 1.10. The summed E-state index contributed by atoms with van der Waals surface area (Å²) in [6, 6.07) is 5.61. The van der Waals surface area contributed by atoms with Crippen molar-refractivity contribution in [2.45, 2.75) is 19.4 Å². The predicted molar refractivity (Wildman–Crippen MR) is 114 cm³/mol. The van der Waals surface area contributed by atoms with E-state index in [0.29, 0.717) is 16.6 Å². The molecule has 9 heteroatoms. The zero-order valence-corrected chi connectivity index (χ0v) is 18.4. The Morgan fingerprint density at radius 3 is 2.72 bits per heavy atom. The fourth-order valence-corrected chi connectivity index (χ4v) is 2.84. The van der Waals surface area contributed by atoms with Gasteiger partial charge < -0.3 is 10.2 Å². The average molecular weight is 497 g/mol. The molecule has 0 bridgehead atoms. The maximum atomic E-state index is 6.19. The Bertz CT molecular complexity index is 704. The summed E-state index contributed by atoms with van der Waals surface area (Å²) in [5.74, 6) is 1.70. The van der Waals surface area contributed by atoms with Crippen LogP contribution in [0.4, 0.5) is 0 Å². The molecule has 1 heterocycles. The molecule has 1 N–H and O–H groups in total. The number of guanidine groups is 1. The van der Waals surface area contributed by atoms with Gasteiger partial charge in [0.1, 0.15) is 12.2 Å². The molecule has 0 aliphatic rings. The average Bonchev–Trinajstić information content (AvgIpc) is 2.94. The van der Waals surface area contributed by atoms with Crippen LogP contribution in [0.3, 0.4) is 0 Å². The van der Waals surface area contributed by atoms with Crippen LogP contribution in [-0.2, 0) is 20.0 Å². The van der Waals surface area contributed by atoms with Gasteiger partial charge >= 0.3 is 0 Å². The van der Waals surface area contributed by atoms with Crippen LogP contribution < -0.4 is 5.32 Å². The van der Waals surface area contributed by atoms with E-state index in [1.807, 2.05) is 31.1 Å². The molecule has 0 radical (unpaired) electrons. The molecule has 1 aromatic heterocycles. The third-order valence-electron chi connectivity index (χ3n) is 3.68. The van der Waals surface area contributed by atoms with E-state index in [4.69, 9.17) is 23.2 Å². The fourth-order valence-electron chi connectivity index (χ4n) is 2.34. The highest BCUT2D eigenvalue weighted by molar-refractivity contribution is 14.0. The second-order valence-corrected chi connectivity index (χ2v) is 6.31. The molecule has 2 rings (SSSR count). The summed E-state index contributed by atoms with van der Waals surface area (Å²) in [4.78, 5) is 10.5. The first kappa shape index (κ1) is 22.0. The molecule has 0 aliphatic carbocycles. The van der Waals surface area contributed by atoms with Gasteiger partial charge in [-0.05, 0) is 30.5 Å². The summed E-state index contributed by atoms with van der Waals surface area (Å²) in [5, 5.41) is 8.80. The number of rotatable bonds is 6. The van der Waals surface area contributed by atoms with Crippen molar-refractivity contribution in [3.63, 3.8) is 0 Å². The van der Waals surface area contributed by atoms with Crippen LogP contribution in [-0.4, -0.2) is 46.3 Å². The minimum atomic E-state index is 0. The van der Waals surface area contributed by atoms with Crippen molar-refractivity contribution in [1.82, 2.24) is 25.0 Å². The SMILES string of the molecule is CN=C(NCCCc1ccc(Cl)cc1Cl)N(C)Cc1ncnn1C.I. The van der Waals surface area contributed by atoms with Crippen molar-refractivity contribution >= 4 is 53.1 Å². The zero-order chi connectivity index (χ0) is 17.5. The van der Waals surface area contributed by atoms with Gasteiger partial charge in [-0.3, -0.25) is 9.67 Å². The maximum Gasteiger partial charge on any atom is 0.193 e. The van der Waals surface area contributed by atoms with E-state index in [0.717, 1.165) is 36.7 Å². The third-order valence-corrected chi connectivity index (χ3v) is 4.27. The molecule has 0 amide bonds. The van der Waals surface area contributed by atoms with E-state index in [-0.39, 0.29) is 24.0 Å². The van der Waals surface area contributed by atoms with Gasteiger partial charge in [-0.15, -0.1) is 24.0 Å². The summed E-state index contributed by atoms with van der Waals surface area (Å²) < 4.78 is 1.76. The van der Waals surface area contributed by atoms with Crippen molar-refractivity contribution in [2.75, 3.05) is 20.6 Å². The molecule has 6 nitrogen and oxygen atoms in total. The number of aliphatic imine (C=N–C) groups is 1. The number of hydrogen-bond acceptors (Lipinski definition) is 3. The molecule has 0 fully saturated rings. The monoisotopic (exact) mass is 496 g/mol. The number of benzene rings is 1. The molecule has 0 unspecified atom stereocenters. The Hall–Kier alpha value is -1.06. The highest BCUT2D eigenvalue weighted by atomic mass is 127. The van der Waals surface area contributed by atoms with Crippen LogP contribution in [0.25, 0.3) is 0 Å². The predicted octanol–water partition coefficient (Wildman–Crippen LogP) is 3.38. The number of hydrogen-bond donors (Lipinski definition) is 1. The molecule has 0 saturated heterocycles. The van der Waals surface area contributed by atoms with E-state index >= 15 is 0 Å². The Kier molecular flexibility index (Phi) is 9.52. The molecule has 0 atom stereocenters. The van der Waals surface area contributed by atoms with Gasteiger partial charge in [-0.25, -0.2) is 4.98 Å². The first-order chi connectivity index (χ1) is 11.5. The first-order valence-corrected chi connectivity index (χ1v) is 8.45. The van der Waals surface area contributed by atoms with Crippen molar-refractivity contribution in [3.8, 4) is 0 Å². The van der Waals surface area contributed by atoms with Crippen molar-refractivity contribution in [1.29, 1.82) is 0 Å². The van der Waals surface area contributed by atoms with E-state index in [1.54, 1.807) is 24.1 Å². The molecule has 0 saturated carbocycles. The second-order valence-electron chi connectivity index (χ2n) is 5.47. The van der Waals surface area contributed by atoms with Gasteiger partial charge in [0.25, 0.3) is 0 Å². The van der Waals surface area contributed by atoms with Crippen LogP contribution in [0.1, 0.15) is 17.8 Å². The lowest BCUT2D eigenvalue weighted by atomic mass is 10.1. The van der Waals surface area contributed by atoms with E-state index in [1.165, 1.54) is 0 Å². The molecule has 1 aromatic carbocycles. The Balaban J connectivity index is 0.00000312. The highest BCUT2D eigenvalue weighted by Crippen LogP contribution is 2.21. The lowest BCUT2D eigenvalue weighted by molar-refractivity contribution is 0.448. The minimum Gasteiger partial charge on any atom is -0.356 e. The maximum absolute atomic E-state index is 6.19. The Labute approximate surface area is 175 Å². The van der Waals surface area contributed by atoms with Crippen LogP contribution in [0.5, 0.6) is 0 Å². The fraction of sp³-hybridized carbons (Fsp3) is 0.438. The molecule has 2 aromatic rings. The van der Waals surface area contributed by atoms with Gasteiger partial charge in [-0.1, -0.05) is 29.3 Å². The summed E-state index contributed by atoms with van der Waals surface area (Å²) in [7, 11) is 5.62. The summed E-state index contributed by atoms with van der Waals surface area (Å²) >= 11 is 12.1. The van der Waals surface area contributed by atoms with Gasteiger partial charge in [0.05, 0.1) is 6.54 Å². The zero-order valence-electron chi connectivity index (χ0n) is 14.5. The normalized spacial score (nSPS) is 11.2. The number of aromatic nitrogens is 3. The Morgan fingerprint density at radius 2 is 2.12 bits per heavy atom. The smallest absolute Gasteiger partial charge is 0.193 e. The molecule has 25 heavy (non-hydrogen) atoms. The summed E-state index contributed by atoms with van der Waals surface area (Å²) in [6.07, 6.45) is 3.38. The first-order valence-electron chi connectivity index (χ1n) is 7.70. The van der Waals surface area contributed by atoms with E-state index < -0.39 is 0 Å². The van der Waals surface area contributed by atoms with Crippen molar-refractivity contribution in [3.05, 3.63) is 46.0 Å². The standard InChI is InChI=1S/C16H22Cl2N6.HI/c1-19-16(23(2)10-15-21-11-22-24(15)3)20-8-4-5-12-6-7-13(17)9-14(12)18;/h6-7,9,11H,4-5,8,10H2,1-3H3,(H,19,20);1H. The number of aryl methyl sites for hydroxylation is 2. The van der Waals surface area contributed by atoms with E-state index in [9.17, 15) is 0 Å². The number of nitrogens with one attached hydrogen (secondary N) is 1. The molecular formula is C16H23Cl2IN6. The van der Waals surface area contributed by atoms with Gasteiger partial charge in [0.15, 0.2) is 5.96 Å². The van der Waals surface area contributed by atoms with Gasteiger partial charge in [-0.2, -0.15) is 5.10 Å². The van der Waals surface area contributed by atoms with Crippen LogP contribution in [0, 0.1) is 0 Å². The van der Waals surface area contributed by atoms with Crippen LogP contribution in [0.2, 0.25) is 10.0 Å². The summed E-state index contributed by atoms with van der Waals surface area (Å²) in [6.45, 7) is 1.44. The quantitative estimate of drug-likeness (QED) is 0.288. The second kappa shape index (κ2) is 10.8. The number of halogens is 3. The van der Waals surface area contributed by atoms with Gasteiger partial charge in [0.2, 0.25) is 0 Å². The molecular weight excluding hydrogens is 474 g/mol.